The molecule has 1 aliphatic carbocycles. The van der Waals surface area contributed by atoms with Crippen LogP contribution in [0.25, 0.3) is 0 Å². The van der Waals surface area contributed by atoms with Crippen LogP contribution >= 0.6 is 0 Å². The Morgan fingerprint density at radius 1 is 1.16 bits per heavy atom. The highest BCUT2D eigenvalue weighted by Gasteiger charge is 2.80. The van der Waals surface area contributed by atoms with Crippen molar-refractivity contribution in [1.82, 2.24) is 4.90 Å². The number of hydrogen-bond donors (Lipinski definition) is 2. The summed E-state index contributed by atoms with van der Waals surface area (Å²) in [5.41, 5.74) is -2.27. The third kappa shape index (κ3) is 3.04. The van der Waals surface area contributed by atoms with Gasteiger partial charge in [0, 0.05) is 25.7 Å². The van der Waals surface area contributed by atoms with E-state index in [-0.39, 0.29) is 25.6 Å². The minimum atomic E-state index is -1.14. The maximum atomic E-state index is 11.5. The van der Waals surface area contributed by atoms with Crippen molar-refractivity contribution < 1.29 is 29.3 Å². The molecule has 25 heavy (non-hydrogen) atoms. The predicted molar refractivity (Wildman–Crippen MR) is 88.9 cm³/mol. The van der Waals surface area contributed by atoms with Gasteiger partial charge in [0.1, 0.15) is 18.1 Å². The average molecular weight is 349 g/mol. The molecule has 2 atom stereocenters. The number of carbonyl (C=O) groups is 2. The minimum absolute atomic E-state index is 0.0750. The van der Waals surface area contributed by atoms with Crippen molar-refractivity contribution in [2.24, 2.45) is 10.8 Å². The summed E-state index contributed by atoms with van der Waals surface area (Å²) in [5.74, 6) is -0.637. The summed E-state index contributed by atoms with van der Waals surface area (Å²) in [5, 5.41) is 18.8. The zero-order chi connectivity index (χ0) is 18.2. The maximum Gasteiger partial charge on any atom is 0.312 e. The van der Waals surface area contributed by atoms with E-state index in [1.54, 1.807) is 6.07 Å². The number of carboxylic acids is 2. The lowest BCUT2D eigenvalue weighted by Gasteiger charge is -2.19. The molecule has 2 N–H and O–H groups in total. The highest BCUT2D eigenvalue weighted by molar-refractivity contribution is 5.94. The Balaban J connectivity index is 1.54. The van der Waals surface area contributed by atoms with Gasteiger partial charge in [-0.3, -0.25) is 14.5 Å². The Morgan fingerprint density at radius 2 is 1.76 bits per heavy atom. The molecule has 1 aromatic rings. The summed E-state index contributed by atoms with van der Waals surface area (Å²) in [4.78, 5) is 24.9. The van der Waals surface area contributed by atoms with Gasteiger partial charge in [0.05, 0.1) is 16.9 Å². The Kier molecular flexibility index (Phi) is 4.36. The van der Waals surface area contributed by atoms with Crippen LogP contribution in [0, 0.1) is 10.8 Å². The third-order valence-electron chi connectivity index (χ3n) is 5.05. The van der Waals surface area contributed by atoms with Gasteiger partial charge >= 0.3 is 11.9 Å². The number of piperidine rings is 1. The molecular formula is C18H23NO6. The van der Waals surface area contributed by atoms with Crippen LogP contribution < -0.4 is 9.47 Å². The molecule has 0 spiro atoms. The van der Waals surface area contributed by atoms with Crippen LogP contribution in [0.5, 0.6) is 11.5 Å². The Labute approximate surface area is 146 Å². The van der Waals surface area contributed by atoms with E-state index < -0.39 is 22.8 Å². The van der Waals surface area contributed by atoms with Crippen LogP contribution in [-0.4, -0.2) is 59.4 Å². The number of benzene rings is 1. The van der Waals surface area contributed by atoms with Crippen molar-refractivity contribution >= 4 is 11.9 Å². The molecule has 0 radical (unpaired) electrons. The van der Waals surface area contributed by atoms with Crippen molar-refractivity contribution in [3.8, 4) is 11.5 Å². The SMILES string of the molecule is CC(C)Oc1cccc(OCCN2C[C@@]3(C(=O)O)C[C@@]3(C(=O)O)C2)c1. The summed E-state index contributed by atoms with van der Waals surface area (Å²) >= 11 is 0. The smallest absolute Gasteiger partial charge is 0.312 e. The van der Waals surface area contributed by atoms with E-state index in [0.29, 0.717) is 18.9 Å². The molecule has 136 valence electrons. The van der Waals surface area contributed by atoms with Crippen molar-refractivity contribution in [3.63, 3.8) is 0 Å². The van der Waals surface area contributed by atoms with E-state index in [4.69, 9.17) is 9.47 Å². The van der Waals surface area contributed by atoms with Crippen LogP contribution in [0.3, 0.4) is 0 Å². The first-order valence-electron chi connectivity index (χ1n) is 8.38. The van der Waals surface area contributed by atoms with Crippen molar-refractivity contribution in [2.45, 2.75) is 26.4 Å². The van der Waals surface area contributed by atoms with Gasteiger partial charge in [0.2, 0.25) is 0 Å². The molecule has 3 rings (SSSR count). The molecule has 2 aliphatic rings. The van der Waals surface area contributed by atoms with Gasteiger partial charge < -0.3 is 19.7 Å². The summed E-state index contributed by atoms with van der Waals surface area (Å²) in [6.45, 7) is 5.25. The fraction of sp³-hybridized carbons (Fsp3) is 0.556. The lowest BCUT2D eigenvalue weighted by Crippen LogP contribution is -2.32. The van der Waals surface area contributed by atoms with Crippen LogP contribution in [0.2, 0.25) is 0 Å². The first-order valence-corrected chi connectivity index (χ1v) is 8.38. The quantitative estimate of drug-likeness (QED) is 0.737. The highest BCUT2D eigenvalue weighted by atomic mass is 16.5. The molecule has 1 aliphatic heterocycles. The summed E-state index contributed by atoms with van der Waals surface area (Å²) in [6, 6.07) is 7.33. The fourth-order valence-corrected chi connectivity index (χ4v) is 3.76. The van der Waals surface area contributed by atoms with Crippen LogP contribution in [0.1, 0.15) is 20.3 Å². The number of fused-ring (bicyclic) bond motifs is 1. The Hall–Kier alpha value is -2.28. The third-order valence-corrected chi connectivity index (χ3v) is 5.05. The number of hydrogen-bond acceptors (Lipinski definition) is 5. The van der Waals surface area contributed by atoms with Crippen molar-refractivity contribution in [3.05, 3.63) is 24.3 Å². The molecule has 0 unspecified atom stereocenters. The van der Waals surface area contributed by atoms with Crippen molar-refractivity contribution in [2.75, 3.05) is 26.2 Å². The van der Waals surface area contributed by atoms with E-state index in [9.17, 15) is 19.8 Å². The topological polar surface area (TPSA) is 96.3 Å². The van der Waals surface area contributed by atoms with Gasteiger partial charge in [-0.15, -0.1) is 0 Å². The second-order valence-electron chi connectivity index (χ2n) is 7.15. The zero-order valence-electron chi connectivity index (χ0n) is 14.4. The van der Waals surface area contributed by atoms with E-state index in [1.165, 1.54) is 0 Å². The van der Waals surface area contributed by atoms with Crippen LogP contribution in [0.4, 0.5) is 0 Å². The van der Waals surface area contributed by atoms with Gasteiger partial charge in [-0.1, -0.05) is 6.07 Å². The molecule has 1 aromatic carbocycles. The largest absolute Gasteiger partial charge is 0.492 e. The predicted octanol–water partition coefficient (Wildman–Crippen LogP) is 1.71. The average Bonchev–Trinajstić information content (AvgIpc) is 3.06. The number of likely N-dealkylation sites (tertiary alicyclic amines) is 1. The number of nitrogens with zero attached hydrogens (tertiary/aromatic N) is 1. The molecule has 0 amide bonds. The van der Waals surface area contributed by atoms with Gasteiger partial charge in [-0.25, -0.2) is 0 Å². The van der Waals surface area contributed by atoms with E-state index >= 15 is 0 Å². The summed E-state index contributed by atoms with van der Waals surface area (Å²) < 4.78 is 11.3. The summed E-state index contributed by atoms with van der Waals surface area (Å²) in [7, 11) is 0. The molecule has 2 fully saturated rings. The first-order chi connectivity index (χ1) is 11.8. The lowest BCUT2D eigenvalue weighted by atomic mass is 9.97. The molecule has 1 saturated carbocycles. The number of aliphatic carboxylic acids is 2. The van der Waals surface area contributed by atoms with Gasteiger partial charge in [-0.05, 0) is 32.4 Å². The number of ether oxygens (including phenoxy) is 2. The normalized spacial score (nSPS) is 27.8. The standard InChI is InChI=1S/C18H23NO6/c1-12(2)25-14-5-3-4-13(8-14)24-7-6-19-10-17(15(20)21)9-18(17,11-19)16(22)23/h3-5,8,12H,6-7,9-11H2,1-2H3,(H,20,21)(H,22,23)/t17-,18+. The zero-order valence-corrected chi connectivity index (χ0v) is 14.4. The molecule has 7 nitrogen and oxygen atoms in total. The molecular weight excluding hydrogens is 326 g/mol. The van der Waals surface area contributed by atoms with Gasteiger partial charge in [0.25, 0.3) is 0 Å². The molecule has 0 bridgehead atoms. The van der Waals surface area contributed by atoms with Crippen molar-refractivity contribution in [1.29, 1.82) is 0 Å². The first kappa shape index (κ1) is 17.5. The highest BCUT2D eigenvalue weighted by Crippen LogP contribution is 2.68. The molecule has 1 heterocycles. The van der Waals surface area contributed by atoms with Gasteiger partial charge in [0.15, 0.2) is 0 Å². The van der Waals surface area contributed by atoms with Crippen LogP contribution in [-0.2, 0) is 9.59 Å². The Morgan fingerprint density at radius 3 is 2.32 bits per heavy atom. The van der Waals surface area contributed by atoms with E-state index in [2.05, 4.69) is 0 Å². The molecule has 0 aromatic heterocycles. The number of carboxylic acid groups (broad SMARTS) is 2. The number of rotatable bonds is 8. The lowest BCUT2D eigenvalue weighted by molar-refractivity contribution is -0.151. The fourth-order valence-electron chi connectivity index (χ4n) is 3.76. The minimum Gasteiger partial charge on any atom is -0.492 e. The molecule has 1 saturated heterocycles. The van der Waals surface area contributed by atoms with Crippen LogP contribution in [0.15, 0.2) is 24.3 Å². The molecule has 7 heteroatoms. The second-order valence-corrected chi connectivity index (χ2v) is 7.15. The van der Waals surface area contributed by atoms with Gasteiger partial charge in [-0.2, -0.15) is 0 Å². The monoisotopic (exact) mass is 349 g/mol. The maximum absolute atomic E-state index is 11.5. The van der Waals surface area contributed by atoms with E-state index in [1.807, 2.05) is 36.9 Å². The van der Waals surface area contributed by atoms with E-state index in [0.717, 1.165) is 5.75 Å². The Bertz CT molecular complexity index is 662. The second kappa shape index (κ2) is 6.22. The summed E-state index contributed by atoms with van der Waals surface area (Å²) in [6.07, 6.45) is 0.294.